The van der Waals surface area contributed by atoms with Gasteiger partial charge in [-0.3, -0.25) is 9.88 Å². The van der Waals surface area contributed by atoms with E-state index in [0.717, 1.165) is 36.5 Å². The van der Waals surface area contributed by atoms with E-state index in [9.17, 15) is 5.11 Å². The first-order valence-electron chi connectivity index (χ1n) is 9.63. The molecule has 2 aromatic rings. The van der Waals surface area contributed by atoms with Gasteiger partial charge in [0.25, 0.3) is 0 Å². The largest absolute Gasteiger partial charge is 0.504 e. The predicted molar refractivity (Wildman–Crippen MR) is 107 cm³/mol. The van der Waals surface area contributed by atoms with Crippen LogP contribution >= 0.6 is 11.6 Å². The van der Waals surface area contributed by atoms with Gasteiger partial charge in [-0.15, -0.1) is 0 Å². The number of rotatable bonds is 4. The van der Waals surface area contributed by atoms with E-state index in [1.54, 1.807) is 12.3 Å². The molecule has 144 valence electrons. The van der Waals surface area contributed by atoms with Gasteiger partial charge in [-0.05, 0) is 57.1 Å². The second kappa shape index (κ2) is 8.05. The Morgan fingerprint density at radius 3 is 2.93 bits per heavy atom. The smallest absolute Gasteiger partial charge is 0.165 e. The molecule has 3 heterocycles. The molecule has 1 N–H and O–H groups in total. The number of fused-ring (bicyclic) bond motifs is 1. The van der Waals surface area contributed by atoms with Crippen LogP contribution in [0.5, 0.6) is 11.5 Å². The minimum absolute atomic E-state index is 0.177. The third kappa shape index (κ3) is 4.21. The van der Waals surface area contributed by atoms with Crippen LogP contribution in [0.3, 0.4) is 0 Å². The highest BCUT2D eigenvalue weighted by Crippen LogP contribution is 2.37. The van der Waals surface area contributed by atoms with Gasteiger partial charge < -0.3 is 14.7 Å². The number of aromatic hydroxyl groups is 1. The monoisotopic (exact) mass is 387 g/mol. The van der Waals surface area contributed by atoms with Crippen molar-refractivity contribution in [3.8, 4) is 22.8 Å². The number of likely N-dealkylation sites (tertiary alicyclic amines) is 1. The van der Waals surface area contributed by atoms with E-state index in [2.05, 4.69) is 27.9 Å². The highest BCUT2D eigenvalue weighted by Gasteiger charge is 2.24. The van der Waals surface area contributed by atoms with Crippen molar-refractivity contribution in [2.75, 3.05) is 33.3 Å². The molecule has 0 amide bonds. The Balaban J connectivity index is 1.52. The quantitative estimate of drug-likeness (QED) is 0.865. The summed E-state index contributed by atoms with van der Waals surface area (Å²) in [5, 5.41) is 11.1. The number of hydrogen-bond donors (Lipinski definition) is 1. The molecule has 1 aromatic carbocycles. The molecule has 0 aliphatic carbocycles. The molecule has 1 aromatic heterocycles. The highest BCUT2D eigenvalue weighted by molar-refractivity contribution is 6.30. The molecule has 1 saturated heterocycles. The molecule has 0 radical (unpaired) electrons. The zero-order valence-electron chi connectivity index (χ0n) is 15.7. The van der Waals surface area contributed by atoms with E-state index in [0.29, 0.717) is 23.4 Å². The zero-order chi connectivity index (χ0) is 18.8. The summed E-state index contributed by atoms with van der Waals surface area (Å²) in [5.74, 6) is 0.782. The summed E-state index contributed by atoms with van der Waals surface area (Å²) in [6.45, 7) is 4.50. The van der Waals surface area contributed by atoms with E-state index in [-0.39, 0.29) is 5.75 Å². The van der Waals surface area contributed by atoms with E-state index < -0.39 is 0 Å². The first-order chi connectivity index (χ1) is 13.1. The SMILES string of the molecule is CN1CCCC1CCN1CCOc2c(O)cc(-c3ccc(Cl)cn3)cc2C1. The van der Waals surface area contributed by atoms with Gasteiger partial charge in [0.1, 0.15) is 6.61 Å². The lowest BCUT2D eigenvalue weighted by atomic mass is 10.0. The van der Waals surface area contributed by atoms with Crippen molar-refractivity contribution in [3.05, 3.63) is 41.0 Å². The number of ether oxygens (including phenoxy) is 1. The topological polar surface area (TPSA) is 48.8 Å². The second-order valence-electron chi connectivity index (χ2n) is 7.54. The number of phenolic OH excluding ortho intramolecular Hbond substituents is 1. The summed E-state index contributed by atoms with van der Waals surface area (Å²) in [5.41, 5.74) is 2.68. The lowest BCUT2D eigenvalue weighted by Gasteiger charge is -2.24. The average molecular weight is 388 g/mol. The van der Waals surface area contributed by atoms with Crippen molar-refractivity contribution >= 4 is 11.6 Å². The van der Waals surface area contributed by atoms with Crippen LogP contribution in [0, 0.1) is 0 Å². The maximum absolute atomic E-state index is 10.5. The van der Waals surface area contributed by atoms with Crippen LogP contribution in [0.15, 0.2) is 30.5 Å². The molecular formula is C21H26ClN3O2. The summed E-state index contributed by atoms with van der Waals surface area (Å²) in [6.07, 6.45) is 5.40. The van der Waals surface area contributed by atoms with Gasteiger partial charge in [-0.2, -0.15) is 0 Å². The Hall–Kier alpha value is -1.82. The Kier molecular flexibility index (Phi) is 5.53. The number of hydrogen-bond acceptors (Lipinski definition) is 5. The molecule has 6 heteroatoms. The third-order valence-corrected chi connectivity index (χ3v) is 5.89. The van der Waals surface area contributed by atoms with Crippen LogP contribution in [0.2, 0.25) is 5.02 Å². The Bertz CT molecular complexity index is 797. The number of pyridine rings is 1. The first kappa shape index (κ1) is 18.5. The molecule has 1 fully saturated rings. The number of phenols is 1. The predicted octanol–water partition coefficient (Wildman–Crippen LogP) is 3.79. The van der Waals surface area contributed by atoms with Crippen LogP contribution in [0.4, 0.5) is 0 Å². The maximum atomic E-state index is 10.5. The van der Waals surface area contributed by atoms with Gasteiger partial charge in [0.15, 0.2) is 11.5 Å². The lowest BCUT2D eigenvalue weighted by molar-refractivity contribution is 0.197. The second-order valence-corrected chi connectivity index (χ2v) is 7.97. The molecule has 0 saturated carbocycles. The average Bonchev–Trinajstić information content (AvgIpc) is 2.94. The van der Waals surface area contributed by atoms with Crippen LogP contribution in [0.1, 0.15) is 24.8 Å². The fourth-order valence-corrected chi connectivity index (χ4v) is 4.23. The molecular weight excluding hydrogens is 362 g/mol. The molecule has 4 rings (SSSR count). The van der Waals surface area contributed by atoms with E-state index in [4.69, 9.17) is 16.3 Å². The molecule has 1 unspecified atom stereocenters. The Labute approximate surface area is 165 Å². The maximum Gasteiger partial charge on any atom is 0.165 e. The summed E-state index contributed by atoms with van der Waals surface area (Å²) >= 11 is 5.94. The lowest BCUT2D eigenvalue weighted by Crippen LogP contribution is -2.32. The van der Waals surface area contributed by atoms with Crippen LogP contribution in [-0.4, -0.2) is 59.2 Å². The van der Waals surface area contributed by atoms with Gasteiger partial charge in [-0.25, -0.2) is 0 Å². The molecule has 2 aliphatic heterocycles. The summed E-state index contributed by atoms with van der Waals surface area (Å²) in [7, 11) is 2.22. The summed E-state index contributed by atoms with van der Waals surface area (Å²) in [4.78, 5) is 9.27. The molecule has 0 spiro atoms. The van der Waals surface area contributed by atoms with Crippen molar-refractivity contribution in [2.45, 2.75) is 31.8 Å². The molecule has 5 nitrogen and oxygen atoms in total. The standard InChI is InChI=1S/C21H26ClN3O2/c1-24-7-2-3-18(24)6-8-25-9-10-27-21-16(14-25)11-15(12-20(21)26)19-5-4-17(22)13-23-19/h4-5,11-13,18,26H,2-3,6-10,14H2,1H3. The molecule has 1 atom stereocenters. The van der Waals surface area contributed by atoms with Crippen LogP contribution in [-0.2, 0) is 6.54 Å². The van der Waals surface area contributed by atoms with Crippen molar-refractivity contribution in [3.63, 3.8) is 0 Å². The minimum atomic E-state index is 0.177. The van der Waals surface area contributed by atoms with Gasteiger partial charge in [0.2, 0.25) is 0 Å². The van der Waals surface area contributed by atoms with Crippen LogP contribution < -0.4 is 4.74 Å². The normalized spacial score (nSPS) is 20.9. The fourth-order valence-electron chi connectivity index (χ4n) is 4.11. The van der Waals surface area contributed by atoms with E-state index in [1.165, 1.54) is 25.8 Å². The summed E-state index contributed by atoms with van der Waals surface area (Å²) < 4.78 is 5.87. The highest BCUT2D eigenvalue weighted by atomic mass is 35.5. The number of nitrogens with zero attached hydrogens (tertiary/aromatic N) is 3. The van der Waals surface area contributed by atoms with Crippen molar-refractivity contribution in [1.82, 2.24) is 14.8 Å². The van der Waals surface area contributed by atoms with E-state index >= 15 is 0 Å². The van der Waals surface area contributed by atoms with Gasteiger partial charge in [0, 0.05) is 43.0 Å². The fraction of sp³-hybridized carbons (Fsp3) is 0.476. The number of benzene rings is 1. The van der Waals surface area contributed by atoms with Gasteiger partial charge in [0.05, 0.1) is 10.7 Å². The molecule has 0 bridgehead atoms. The van der Waals surface area contributed by atoms with Crippen molar-refractivity contribution in [1.29, 1.82) is 0 Å². The number of aromatic nitrogens is 1. The van der Waals surface area contributed by atoms with Gasteiger partial charge >= 0.3 is 0 Å². The zero-order valence-corrected chi connectivity index (χ0v) is 16.5. The van der Waals surface area contributed by atoms with Crippen molar-refractivity contribution < 1.29 is 9.84 Å². The Morgan fingerprint density at radius 2 is 2.19 bits per heavy atom. The number of halogens is 1. The van der Waals surface area contributed by atoms with E-state index in [1.807, 2.05) is 12.1 Å². The van der Waals surface area contributed by atoms with Crippen LogP contribution in [0.25, 0.3) is 11.3 Å². The third-order valence-electron chi connectivity index (χ3n) is 5.67. The molecule has 27 heavy (non-hydrogen) atoms. The molecule has 2 aliphatic rings. The Morgan fingerprint density at radius 1 is 1.30 bits per heavy atom. The van der Waals surface area contributed by atoms with Crippen molar-refractivity contribution in [2.24, 2.45) is 0 Å². The van der Waals surface area contributed by atoms with Gasteiger partial charge in [-0.1, -0.05) is 11.6 Å². The summed E-state index contributed by atoms with van der Waals surface area (Å²) in [6, 6.07) is 8.16. The first-order valence-corrected chi connectivity index (χ1v) is 10.0. The minimum Gasteiger partial charge on any atom is -0.504 e.